The van der Waals surface area contributed by atoms with Crippen LogP contribution in [-0.2, 0) is 11.4 Å². The smallest absolute Gasteiger partial charge is 0.259 e. The van der Waals surface area contributed by atoms with E-state index < -0.39 is 0 Å². The number of anilines is 1. The van der Waals surface area contributed by atoms with Crippen LogP contribution in [0.4, 0.5) is 5.69 Å². The quantitative estimate of drug-likeness (QED) is 0.444. The Morgan fingerprint density at radius 1 is 0.966 bits per heavy atom. The number of benzene rings is 3. The maximum absolute atomic E-state index is 12.0. The number of nitrogens with one attached hydrogen (secondary N) is 2. The summed E-state index contributed by atoms with van der Waals surface area (Å²) < 4.78 is 5.81. The number of ether oxygens (including phenoxy) is 1. The molecular weight excluding hydrogens is 362 g/mol. The van der Waals surface area contributed by atoms with Crippen molar-refractivity contribution in [3.05, 3.63) is 95.1 Å². The van der Waals surface area contributed by atoms with Crippen LogP contribution in [0, 0.1) is 13.8 Å². The SMILES string of the molecule is Cc1cccc(C)c1NCC(=O)N/N=C\c1cccc(OCc2ccccc2)c1. The number of nitrogens with zero attached hydrogens (tertiary/aromatic N) is 1. The number of hydrogen-bond acceptors (Lipinski definition) is 4. The van der Waals surface area contributed by atoms with Gasteiger partial charge in [-0.1, -0.05) is 60.7 Å². The second-order valence-corrected chi connectivity index (χ2v) is 6.76. The summed E-state index contributed by atoms with van der Waals surface area (Å²) in [7, 11) is 0. The Balaban J connectivity index is 1.49. The molecule has 0 saturated carbocycles. The highest BCUT2D eigenvalue weighted by atomic mass is 16.5. The van der Waals surface area contributed by atoms with Crippen molar-refractivity contribution in [2.24, 2.45) is 5.10 Å². The Kier molecular flexibility index (Phi) is 7.00. The number of amides is 1. The van der Waals surface area contributed by atoms with Gasteiger partial charge in [0.2, 0.25) is 0 Å². The molecule has 148 valence electrons. The van der Waals surface area contributed by atoms with Gasteiger partial charge >= 0.3 is 0 Å². The van der Waals surface area contributed by atoms with Crippen molar-refractivity contribution in [1.82, 2.24) is 5.43 Å². The third-order valence-electron chi connectivity index (χ3n) is 4.42. The number of para-hydroxylation sites is 1. The van der Waals surface area contributed by atoms with Crippen molar-refractivity contribution < 1.29 is 9.53 Å². The lowest BCUT2D eigenvalue weighted by Crippen LogP contribution is -2.26. The van der Waals surface area contributed by atoms with Gasteiger partial charge in [-0.25, -0.2) is 5.43 Å². The second-order valence-electron chi connectivity index (χ2n) is 6.76. The molecule has 3 rings (SSSR count). The molecule has 5 nitrogen and oxygen atoms in total. The van der Waals surface area contributed by atoms with E-state index in [1.54, 1.807) is 6.21 Å². The van der Waals surface area contributed by atoms with Crippen LogP contribution in [0.15, 0.2) is 77.9 Å². The fraction of sp³-hybridized carbons (Fsp3) is 0.167. The van der Waals surface area contributed by atoms with Gasteiger partial charge in [-0.3, -0.25) is 4.79 Å². The normalized spacial score (nSPS) is 10.7. The Bertz CT molecular complexity index is 964. The molecule has 5 heteroatoms. The van der Waals surface area contributed by atoms with Crippen LogP contribution in [-0.4, -0.2) is 18.7 Å². The van der Waals surface area contributed by atoms with Crippen LogP contribution in [0.1, 0.15) is 22.3 Å². The molecule has 1 amide bonds. The lowest BCUT2D eigenvalue weighted by Gasteiger charge is -2.11. The van der Waals surface area contributed by atoms with E-state index in [1.807, 2.05) is 86.6 Å². The Morgan fingerprint density at radius 3 is 2.45 bits per heavy atom. The van der Waals surface area contributed by atoms with Crippen molar-refractivity contribution in [2.45, 2.75) is 20.5 Å². The molecule has 0 spiro atoms. The van der Waals surface area contributed by atoms with Crippen molar-refractivity contribution in [3.63, 3.8) is 0 Å². The number of carbonyl (C=O) groups excluding carboxylic acids is 1. The highest BCUT2D eigenvalue weighted by molar-refractivity contribution is 5.84. The zero-order chi connectivity index (χ0) is 20.5. The Morgan fingerprint density at radius 2 is 1.69 bits per heavy atom. The minimum Gasteiger partial charge on any atom is -0.489 e. The molecule has 3 aromatic carbocycles. The van der Waals surface area contributed by atoms with Gasteiger partial charge in [-0.2, -0.15) is 5.10 Å². The Hall–Kier alpha value is -3.60. The summed E-state index contributed by atoms with van der Waals surface area (Å²) in [6.45, 7) is 4.68. The van der Waals surface area contributed by atoms with Crippen molar-refractivity contribution in [3.8, 4) is 5.75 Å². The summed E-state index contributed by atoms with van der Waals surface area (Å²) in [6, 6.07) is 23.6. The van der Waals surface area contributed by atoms with Gasteiger partial charge in [-0.15, -0.1) is 0 Å². The number of hydrazone groups is 1. The van der Waals surface area contributed by atoms with Crippen LogP contribution in [0.3, 0.4) is 0 Å². The van der Waals surface area contributed by atoms with E-state index in [2.05, 4.69) is 15.8 Å². The van der Waals surface area contributed by atoms with Gasteiger partial charge in [0.25, 0.3) is 5.91 Å². The van der Waals surface area contributed by atoms with Gasteiger partial charge in [0, 0.05) is 5.69 Å². The fourth-order valence-electron chi connectivity index (χ4n) is 2.91. The predicted octanol–water partition coefficient (Wildman–Crippen LogP) is 4.44. The fourth-order valence-corrected chi connectivity index (χ4v) is 2.91. The standard InChI is InChI=1S/C24H25N3O2/c1-18-8-6-9-19(2)24(18)25-16-23(28)27-26-15-21-12-7-13-22(14-21)29-17-20-10-4-3-5-11-20/h3-15,25H,16-17H2,1-2H3,(H,27,28)/b26-15-. The topological polar surface area (TPSA) is 62.7 Å². The van der Waals surface area contributed by atoms with Crippen LogP contribution >= 0.6 is 0 Å². The van der Waals surface area contributed by atoms with E-state index >= 15 is 0 Å². The highest BCUT2D eigenvalue weighted by Gasteiger charge is 2.04. The molecule has 0 saturated heterocycles. The molecule has 29 heavy (non-hydrogen) atoms. The van der Waals surface area contributed by atoms with Gasteiger partial charge in [0.1, 0.15) is 12.4 Å². The summed E-state index contributed by atoms with van der Waals surface area (Å²) in [6.07, 6.45) is 1.60. The number of carbonyl (C=O) groups is 1. The molecule has 0 heterocycles. The number of hydrogen-bond donors (Lipinski definition) is 2. The summed E-state index contributed by atoms with van der Waals surface area (Å²) >= 11 is 0. The third-order valence-corrected chi connectivity index (χ3v) is 4.42. The molecule has 3 aromatic rings. The van der Waals surface area contributed by atoms with Gasteiger partial charge < -0.3 is 10.1 Å². The largest absolute Gasteiger partial charge is 0.489 e. The number of rotatable bonds is 8. The van der Waals surface area contributed by atoms with Crippen LogP contribution in [0.2, 0.25) is 0 Å². The lowest BCUT2D eigenvalue weighted by atomic mass is 10.1. The van der Waals surface area contributed by atoms with E-state index in [1.165, 1.54) is 0 Å². The maximum atomic E-state index is 12.0. The minimum absolute atomic E-state index is 0.156. The van der Waals surface area contributed by atoms with E-state index in [-0.39, 0.29) is 12.5 Å². The molecule has 0 radical (unpaired) electrons. The molecule has 0 aromatic heterocycles. The predicted molar refractivity (Wildman–Crippen MR) is 117 cm³/mol. The van der Waals surface area contributed by atoms with Crippen molar-refractivity contribution in [1.29, 1.82) is 0 Å². The molecular formula is C24H25N3O2. The zero-order valence-corrected chi connectivity index (χ0v) is 16.7. The summed E-state index contributed by atoms with van der Waals surface area (Å²) in [5, 5.41) is 7.20. The van der Waals surface area contributed by atoms with Crippen LogP contribution in [0.5, 0.6) is 5.75 Å². The third kappa shape index (κ3) is 6.21. The first kappa shape index (κ1) is 20.1. The van der Waals surface area contributed by atoms with E-state index in [0.717, 1.165) is 33.7 Å². The second kappa shape index (κ2) is 10.1. The first-order valence-corrected chi connectivity index (χ1v) is 9.50. The van der Waals surface area contributed by atoms with Gasteiger partial charge in [0.15, 0.2) is 0 Å². The average Bonchev–Trinajstić information content (AvgIpc) is 2.73. The van der Waals surface area contributed by atoms with Crippen LogP contribution < -0.4 is 15.5 Å². The molecule has 0 aliphatic carbocycles. The van der Waals surface area contributed by atoms with E-state index in [9.17, 15) is 4.79 Å². The van der Waals surface area contributed by atoms with Crippen LogP contribution in [0.25, 0.3) is 0 Å². The van der Waals surface area contributed by atoms with Gasteiger partial charge in [0.05, 0.1) is 12.8 Å². The molecule has 0 aliphatic rings. The monoisotopic (exact) mass is 387 g/mol. The summed E-state index contributed by atoms with van der Waals surface area (Å²) in [5.74, 6) is 0.543. The maximum Gasteiger partial charge on any atom is 0.259 e. The molecule has 2 N–H and O–H groups in total. The number of aryl methyl sites for hydroxylation is 2. The molecule has 0 bridgehead atoms. The molecule has 0 fully saturated rings. The molecule has 0 atom stereocenters. The summed E-state index contributed by atoms with van der Waals surface area (Å²) in [4.78, 5) is 12.0. The molecule has 0 aliphatic heterocycles. The van der Waals surface area contributed by atoms with E-state index in [0.29, 0.717) is 6.61 Å². The summed E-state index contributed by atoms with van der Waals surface area (Å²) in [5.41, 5.74) is 7.69. The zero-order valence-electron chi connectivity index (χ0n) is 16.7. The average molecular weight is 387 g/mol. The van der Waals surface area contributed by atoms with Crippen molar-refractivity contribution >= 4 is 17.8 Å². The van der Waals surface area contributed by atoms with Gasteiger partial charge in [-0.05, 0) is 48.2 Å². The Labute approximate surface area is 171 Å². The first-order chi connectivity index (χ1) is 14.1. The lowest BCUT2D eigenvalue weighted by molar-refractivity contribution is -0.119. The molecule has 0 unspecified atom stereocenters. The highest BCUT2D eigenvalue weighted by Crippen LogP contribution is 2.18. The van der Waals surface area contributed by atoms with E-state index in [4.69, 9.17) is 4.74 Å². The van der Waals surface area contributed by atoms with Crippen molar-refractivity contribution in [2.75, 3.05) is 11.9 Å². The first-order valence-electron chi connectivity index (χ1n) is 9.50. The minimum atomic E-state index is -0.208.